The molecule has 0 saturated carbocycles. The molecular weight excluding hydrogens is 244 g/mol. The molecule has 0 aromatic carbocycles. The highest BCUT2D eigenvalue weighted by molar-refractivity contribution is 7.99. The molecule has 2 aromatic rings. The average Bonchev–Trinajstić information content (AvgIpc) is 2.26. The molecule has 0 aliphatic heterocycles. The van der Waals surface area contributed by atoms with Gasteiger partial charge in [-0.3, -0.25) is 0 Å². The summed E-state index contributed by atoms with van der Waals surface area (Å²) in [7, 11) is 1.82. The summed E-state index contributed by atoms with van der Waals surface area (Å²) in [6.45, 7) is 6.03. The van der Waals surface area contributed by atoms with E-state index in [1.54, 1.807) is 11.8 Å². The molecule has 0 atom stereocenters. The first-order valence-corrected chi connectivity index (χ1v) is 6.55. The van der Waals surface area contributed by atoms with E-state index in [0.29, 0.717) is 5.95 Å². The number of hydrogen-bond acceptors (Lipinski definition) is 5. The first kappa shape index (κ1) is 12.8. The van der Waals surface area contributed by atoms with Crippen molar-refractivity contribution in [1.29, 1.82) is 0 Å². The van der Waals surface area contributed by atoms with Crippen molar-refractivity contribution in [2.75, 3.05) is 12.4 Å². The molecule has 2 rings (SSSR count). The van der Waals surface area contributed by atoms with Crippen LogP contribution in [0.2, 0.25) is 0 Å². The number of nitrogens with zero attached hydrogens (tertiary/aromatic N) is 3. The van der Waals surface area contributed by atoms with Gasteiger partial charge in [-0.25, -0.2) is 15.0 Å². The van der Waals surface area contributed by atoms with Gasteiger partial charge < -0.3 is 5.32 Å². The van der Waals surface area contributed by atoms with Crippen molar-refractivity contribution in [2.24, 2.45) is 0 Å². The van der Waals surface area contributed by atoms with Crippen LogP contribution in [-0.2, 0) is 0 Å². The number of aromatic nitrogens is 3. The van der Waals surface area contributed by atoms with Crippen molar-refractivity contribution < 1.29 is 0 Å². The van der Waals surface area contributed by atoms with Crippen LogP contribution >= 0.6 is 11.8 Å². The van der Waals surface area contributed by atoms with Gasteiger partial charge in [0, 0.05) is 18.4 Å². The quantitative estimate of drug-likeness (QED) is 0.860. The molecule has 2 aromatic heterocycles. The summed E-state index contributed by atoms with van der Waals surface area (Å²) < 4.78 is 0. The maximum absolute atomic E-state index is 4.50. The Morgan fingerprint density at radius 2 is 1.56 bits per heavy atom. The highest BCUT2D eigenvalue weighted by Crippen LogP contribution is 2.26. The van der Waals surface area contributed by atoms with Crippen LogP contribution in [0.4, 0.5) is 5.95 Å². The van der Waals surface area contributed by atoms with E-state index < -0.39 is 0 Å². The number of hydrogen-bond donors (Lipinski definition) is 1. The standard InChI is InChI=1S/C13H16N4S/c1-8-5-9(2)15-11(6-8)18-12-7-10(3)16-13(14-4)17-12/h5-7H,1-4H3,(H,14,16,17). The van der Waals surface area contributed by atoms with E-state index in [1.807, 2.05) is 27.0 Å². The molecule has 0 amide bonds. The highest BCUT2D eigenvalue weighted by Gasteiger charge is 2.05. The molecule has 18 heavy (non-hydrogen) atoms. The summed E-state index contributed by atoms with van der Waals surface area (Å²) in [5.74, 6) is 0.641. The molecule has 2 heterocycles. The van der Waals surface area contributed by atoms with Crippen LogP contribution in [0.25, 0.3) is 0 Å². The number of rotatable bonds is 3. The summed E-state index contributed by atoms with van der Waals surface area (Å²) in [4.78, 5) is 13.2. The first-order chi connectivity index (χ1) is 8.56. The lowest BCUT2D eigenvalue weighted by Gasteiger charge is -2.06. The van der Waals surface area contributed by atoms with E-state index >= 15 is 0 Å². The Bertz CT molecular complexity index is 549. The number of aryl methyl sites for hydroxylation is 3. The third kappa shape index (κ3) is 3.20. The second-order valence-corrected chi connectivity index (χ2v) is 5.19. The molecular formula is C13H16N4S. The van der Waals surface area contributed by atoms with Gasteiger partial charge >= 0.3 is 0 Å². The van der Waals surface area contributed by atoms with E-state index in [9.17, 15) is 0 Å². The van der Waals surface area contributed by atoms with Crippen LogP contribution < -0.4 is 5.32 Å². The Morgan fingerprint density at radius 3 is 2.22 bits per heavy atom. The maximum Gasteiger partial charge on any atom is 0.223 e. The van der Waals surface area contributed by atoms with Gasteiger partial charge in [0.15, 0.2) is 0 Å². The van der Waals surface area contributed by atoms with Gasteiger partial charge in [0.1, 0.15) is 10.1 Å². The Balaban J connectivity index is 2.30. The lowest BCUT2D eigenvalue weighted by atomic mass is 10.3. The minimum atomic E-state index is 0.641. The van der Waals surface area contributed by atoms with Crippen molar-refractivity contribution in [1.82, 2.24) is 15.0 Å². The Labute approximate surface area is 111 Å². The summed E-state index contributed by atoms with van der Waals surface area (Å²) in [6, 6.07) is 6.09. The van der Waals surface area contributed by atoms with Crippen molar-refractivity contribution in [3.05, 3.63) is 35.2 Å². The van der Waals surface area contributed by atoms with E-state index in [2.05, 4.69) is 39.3 Å². The normalized spacial score (nSPS) is 10.4. The molecule has 0 bridgehead atoms. The predicted octanol–water partition coefficient (Wildman–Crippen LogP) is 2.99. The van der Waals surface area contributed by atoms with E-state index in [-0.39, 0.29) is 0 Å². The lowest BCUT2D eigenvalue weighted by Crippen LogP contribution is -1.99. The molecule has 0 radical (unpaired) electrons. The smallest absolute Gasteiger partial charge is 0.223 e. The molecule has 0 unspecified atom stereocenters. The van der Waals surface area contributed by atoms with Crippen molar-refractivity contribution in [3.63, 3.8) is 0 Å². The molecule has 5 heteroatoms. The fraction of sp³-hybridized carbons (Fsp3) is 0.308. The van der Waals surface area contributed by atoms with E-state index in [0.717, 1.165) is 21.4 Å². The molecule has 1 N–H and O–H groups in total. The monoisotopic (exact) mass is 260 g/mol. The fourth-order valence-corrected chi connectivity index (χ4v) is 2.68. The second kappa shape index (κ2) is 5.35. The van der Waals surface area contributed by atoms with Crippen LogP contribution in [-0.4, -0.2) is 22.0 Å². The molecule has 4 nitrogen and oxygen atoms in total. The zero-order chi connectivity index (χ0) is 13.1. The summed E-state index contributed by atoms with van der Waals surface area (Å²) >= 11 is 1.56. The molecule has 94 valence electrons. The zero-order valence-corrected chi connectivity index (χ0v) is 11.8. The highest BCUT2D eigenvalue weighted by atomic mass is 32.2. The molecule has 0 aliphatic rings. The van der Waals surface area contributed by atoms with Gasteiger partial charge in [0.25, 0.3) is 0 Å². The summed E-state index contributed by atoms with van der Waals surface area (Å²) in [5.41, 5.74) is 3.18. The molecule has 0 saturated heterocycles. The maximum atomic E-state index is 4.50. The third-order valence-corrected chi connectivity index (χ3v) is 3.17. The van der Waals surface area contributed by atoms with Gasteiger partial charge in [-0.1, -0.05) is 0 Å². The van der Waals surface area contributed by atoms with Crippen molar-refractivity contribution in [2.45, 2.75) is 30.8 Å². The second-order valence-electron chi connectivity index (χ2n) is 4.15. The van der Waals surface area contributed by atoms with Crippen molar-refractivity contribution in [3.8, 4) is 0 Å². The summed E-state index contributed by atoms with van der Waals surface area (Å²) in [6.07, 6.45) is 0. The minimum absolute atomic E-state index is 0.641. The third-order valence-electron chi connectivity index (χ3n) is 2.34. The van der Waals surface area contributed by atoms with Crippen molar-refractivity contribution >= 4 is 17.7 Å². The largest absolute Gasteiger partial charge is 0.357 e. The lowest BCUT2D eigenvalue weighted by molar-refractivity contribution is 0.994. The fourth-order valence-electron chi connectivity index (χ4n) is 1.67. The Kier molecular flexibility index (Phi) is 3.81. The predicted molar refractivity (Wildman–Crippen MR) is 74.1 cm³/mol. The zero-order valence-electron chi connectivity index (χ0n) is 11.0. The average molecular weight is 260 g/mol. The van der Waals surface area contributed by atoms with Gasteiger partial charge in [0.2, 0.25) is 5.95 Å². The molecule has 0 aliphatic carbocycles. The first-order valence-electron chi connectivity index (χ1n) is 5.73. The number of nitrogens with one attached hydrogen (secondary N) is 1. The topological polar surface area (TPSA) is 50.7 Å². The molecule has 0 fully saturated rings. The van der Waals surface area contributed by atoms with Crippen LogP contribution in [0.1, 0.15) is 17.0 Å². The van der Waals surface area contributed by atoms with Gasteiger partial charge in [-0.15, -0.1) is 0 Å². The van der Waals surface area contributed by atoms with Gasteiger partial charge in [-0.05, 0) is 56.3 Å². The summed E-state index contributed by atoms with van der Waals surface area (Å²) in [5, 5.41) is 4.83. The van der Waals surface area contributed by atoms with Gasteiger partial charge in [0.05, 0.1) is 0 Å². The van der Waals surface area contributed by atoms with E-state index in [4.69, 9.17) is 0 Å². The van der Waals surface area contributed by atoms with Crippen LogP contribution in [0.15, 0.2) is 28.3 Å². The number of anilines is 1. The van der Waals surface area contributed by atoms with Gasteiger partial charge in [-0.2, -0.15) is 0 Å². The molecule has 0 spiro atoms. The van der Waals surface area contributed by atoms with E-state index in [1.165, 1.54) is 5.56 Å². The number of pyridine rings is 1. The van der Waals surface area contributed by atoms with Crippen LogP contribution in [0.5, 0.6) is 0 Å². The Morgan fingerprint density at radius 1 is 0.889 bits per heavy atom. The van der Waals surface area contributed by atoms with Crippen LogP contribution in [0, 0.1) is 20.8 Å². The Hall–Kier alpha value is -1.62. The van der Waals surface area contributed by atoms with Crippen LogP contribution in [0.3, 0.4) is 0 Å². The minimum Gasteiger partial charge on any atom is -0.357 e. The SMILES string of the molecule is CNc1nc(C)cc(Sc2cc(C)cc(C)n2)n1.